The van der Waals surface area contributed by atoms with Crippen LogP contribution in [0.4, 0.5) is 0 Å². The van der Waals surface area contributed by atoms with E-state index in [1.807, 2.05) is 4.90 Å². The summed E-state index contributed by atoms with van der Waals surface area (Å²) in [5, 5.41) is 2.98. The van der Waals surface area contributed by atoms with Crippen molar-refractivity contribution in [3.05, 3.63) is 0 Å². The van der Waals surface area contributed by atoms with Crippen LogP contribution < -0.4 is 5.32 Å². The van der Waals surface area contributed by atoms with E-state index in [0.717, 1.165) is 31.4 Å². The Labute approximate surface area is 126 Å². The molecule has 0 aromatic rings. The molecule has 1 saturated carbocycles. The Morgan fingerprint density at radius 2 is 2.10 bits per heavy atom. The molecule has 0 spiro atoms. The number of rotatable bonds is 7. The first-order chi connectivity index (χ1) is 9.60. The van der Waals surface area contributed by atoms with Crippen LogP contribution in [0, 0.1) is 11.8 Å². The summed E-state index contributed by atoms with van der Waals surface area (Å²) in [6.07, 6.45) is 6.10. The van der Waals surface area contributed by atoms with E-state index in [0.29, 0.717) is 12.5 Å². The van der Waals surface area contributed by atoms with Crippen LogP contribution in [0.25, 0.3) is 0 Å². The Balaban J connectivity index is 2.11. The van der Waals surface area contributed by atoms with Gasteiger partial charge in [0.2, 0.25) is 11.8 Å². The van der Waals surface area contributed by atoms with Crippen LogP contribution in [0.2, 0.25) is 0 Å². The van der Waals surface area contributed by atoms with Gasteiger partial charge in [0.25, 0.3) is 0 Å². The fourth-order valence-electron chi connectivity index (χ4n) is 2.92. The molecule has 1 aliphatic heterocycles. The minimum absolute atomic E-state index is 0.0556. The first kappa shape index (κ1) is 15.7. The largest absolute Gasteiger partial charge is 0.342 e. The third-order valence-corrected chi connectivity index (χ3v) is 5.17. The lowest BCUT2D eigenvalue weighted by atomic mass is 9.92. The molecular weight excluding hydrogens is 272 g/mol. The van der Waals surface area contributed by atoms with Crippen LogP contribution in [0.1, 0.15) is 39.5 Å². The lowest BCUT2D eigenvalue weighted by Gasteiger charge is -2.41. The second-order valence-electron chi connectivity index (χ2n) is 6.03. The number of thioether (sulfide) groups is 1. The van der Waals surface area contributed by atoms with Gasteiger partial charge < -0.3 is 10.2 Å². The molecule has 4 nitrogen and oxygen atoms in total. The van der Waals surface area contributed by atoms with Gasteiger partial charge in [0.05, 0.1) is 0 Å². The first-order valence-electron chi connectivity index (χ1n) is 7.70. The maximum atomic E-state index is 12.7. The monoisotopic (exact) mass is 298 g/mol. The summed E-state index contributed by atoms with van der Waals surface area (Å²) in [6.45, 7) is 4.86. The molecular formula is C15H26N2O2S. The van der Waals surface area contributed by atoms with Gasteiger partial charge in [-0.1, -0.05) is 20.3 Å². The van der Waals surface area contributed by atoms with Crippen LogP contribution in [-0.2, 0) is 9.59 Å². The average Bonchev–Trinajstić information content (AvgIpc) is 3.26. The van der Waals surface area contributed by atoms with E-state index in [2.05, 4.69) is 25.4 Å². The Morgan fingerprint density at radius 1 is 1.40 bits per heavy atom. The molecule has 0 radical (unpaired) electrons. The highest BCUT2D eigenvalue weighted by molar-refractivity contribution is 7.98. The predicted molar refractivity (Wildman–Crippen MR) is 82.6 cm³/mol. The van der Waals surface area contributed by atoms with Crippen molar-refractivity contribution in [2.45, 2.75) is 51.6 Å². The van der Waals surface area contributed by atoms with Crippen LogP contribution in [0.15, 0.2) is 0 Å². The third kappa shape index (κ3) is 3.30. The van der Waals surface area contributed by atoms with Gasteiger partial charge in [-0.25, -0.2) is 0 Å². The van der Waals surface area contributed by atoms with Gasteiger partial charge in [-0.2, -0.15) is 11.8 Å². The lowest BCUT2D eigenvalue weighted by molar-refractivity contribution is -0.152. The standard InChI is InChI=1S/C15H26N2O2S/c1-4-10(2)13-14(18)16-12(11-6-7-11)15(19)17(13)8-5-9-20-3/h10-13H,4-9H2,1-3H3,(H,16,18). The summed E-state index contributed by atoms with van der Waals surface area (Å²) < 4.78 is 0. The highest BCUT2D eigenvalue weighted by Crippen LogP contribution is 2.36. The SMILES string of the molecule is CCC(C)C1C(=O)NC(C2CC2)C(=O)N1CCCSC. The summed E-state index contributed by atoms with van der Waals surface area (Å²) in [4.78, 5) is 27.0. The van der Waals surface area contributed by atoms with Crippen LogP contribution >= 0.6 is 11.8 Å². The van der Waals surface area contributed by atoms with E-state index in [-0.39, 0.29) is 29.8 Å². The molecule has 2 amide bonds. The molecule has 2 aliphatic rings. The second kappa shape index (κ2) is 6.83. The third-order valence-electron chi connectivity index (χ3n) is 4.48. The van der Waals surface area contributed by atoms with E-state index in [9.17, 15) is 9.59 Å². The number of nitrogens with zero attached hydrogens (tertiary/aromatic N) is 1. The van der Waals surface area contributed by atoms with Crippen molar-refractivity contribution < 1.29 is 9.59 Å². The molecule has 3 unspecified atom stereocenters. The number of nitrogens with one attached hydrogen (secondary N) is 1. The first-order valence-corrected chi connectivity index (χ1v) is 9.09. The number of carbonyl (C=O) groups excluding carboxylic acids is 2. The van der Waals surface area contributed by atoms with Gasteiger partial charge in [-0.15, -0.1) is 0 Å². The van der Waals surface area contributed by atoms with Gasteiger partial charge >= 0.3 is 0 Å². The topological polar surface area (TPSA) is 49.4 Å². The van der Waals surface area contributed by atoms with Crippen molar-refractivity contribution in [1.29, 1.82) is 0 Å². The summed E-state index contributed by atoms with van der Waals surface area (Å²) in [5.41, 5.74) is 0. The Morgan fingerprint density at radius 3 is 2.65 bits per heavy atom. The van der Waals surface area contributed by atoms with E-state index in [1.165, 1.54) is 0 Å². The van der Waals surface area contributed by atoms with Crippen molar-refractivity contribution in [2.24, 2.45) is 11.8 Å². The van der Waals surface area contributed by atoms with Gasteiger partial charge in [-0.05, 0) is 43.1 Å². The van der Waals surface area contributed by atoms with E-state index in [4.69, 9.17) is 0 Å². The van der Waals surface area contributed by atoms with Crippen molar-refractivity contribution in [3.8, 4) is 0 Å². The molecule has 1 N–H and O–H groups in total. The summed E-state index contributed by atoms with van der Waals surface area (Å²) in [5.74, 6) is 1.84. The molecule has 20 heavy (non-hydrogen) atoms. The Hall–Kier alpha value is -0.710. The minimum atomic E-state index is -0.274. The molecule has 2 rings (SSSR count). The maximum Gasteiger partial charge on any atom is 0.246 e. The van der Waals surface area contributed by atoms with E-state index in [1.54, 1.807) is 11.8 Å². The van der Waals surface area contributed by atoms with E-state index >= 15 is 0 Å². The fourth-order valence-corrected chi connectivity index (χ4v) is 3.34. The molecule has 5 heteroatoms. The number of hydrogen-bond acceptors (Lipinski definition) is 3. The molecule has 0 aromatic heterocycles. The maximum absolute atomic E-state index is 12.7. The predicted octanol–water partition coefficient (Wildman–Crippen LogP) is 1.89. The van der Waals surface area contributed by atoms with Gasteiger partial charge in [-0.3, -0.25) is 9.59 Å². The van der Waals surface area contributed by atoms with Crippen molar-refractivity contribution >= 4 is 23.6 Å². The molecule has 114 valence electrons. The summed E-state index contributed by atoms with van der Waals surface area (Å²) in [6, 6.07) is -0.526. The minimum Gasteiger partial charge on any atom is -0.342 e. The zero-order chi connectivity index (χ0) is 14.7. The number of carbonyl (C=O) groups is 2. The smallest absolute Gasteiger partial charge is 0.246 e. The quantitative estimate of drug-likeness (QED) is 0.730. The molecule has 1 aliphatic carbocycles. The lowest BCUT2D eigenvalue weighted by Crippen LogP contribution is -2.65. The van der Waals surface area contributed by atoms with Crippen LogP contribution in [0.5, 0.6) is 0 Å². The average molecular weight is 298 g/mol. The van der Waals surface area contributed by atoms with Gasteiger partial charge in [0, 0.05) is 6.54 Å². The second-order valence-corrected chi connectivity index (χ2v) is 7.02. The fraction of sp³-hybridized carbons (Fsp3) is 0.867. The summed E-state index contributed by atoms with van der Waals surface area (Å²) in [7, 11) is 0. The zero-order valence-corrected chi connectivity index (χ0v) is 13.5. The Kier molecular flexibility index (Phi) is 5.35. The van der Waals surface area contributed by atoms with Crippen LogP contribution in [-0.4, -0.2) is 47.4 Å². The van der Waals surface area contributed by atoms with Crippen molar-refractivity contribution in [2.75, 3.05) is 18.6 Å². The molecule has 3 atom stereocenters. The normalized spacial score (nSPS) is 28.4. The van der Waals surface area contributed by atoms with Crippen LogP contribution in [0.3, 0.4) is 0 Å². The molecule has 1 saturated heterocycles. The van der Waals surface area contributed by atoms with Gasteiger partial charge in [0.1, 0.15) is 12.1 Å². The van der Waals surface area contributed by atoms with E-state index < -0.39 is 0 Å². The van der Waals surface area contributed by atoms with Gasteiger partial charge in [0.15, 0.2) is 0 Å². The molecule has 1 heterocycles. The zero-order valence-electron chi connectivity index (χ0n) is 12.7. The number of amides is 2. The number of hydrogen-bond donors (Lipinski definition) is 1. The Bertz CT molecular complexity index is 371. The van der Waals surface area contributed by atoms with Crippen molar-refractivity contribution in [3.63, 3.8) is 0 Å². The molecule has 0 bridgehead atoms. The molecule has 2 fully saturated rings. The van der Waals surface area contributed by atoms with Crippen molar-refractivity contribution in [1.82, 2.24) is 10.2 Å². The highest BCUT2D eigenvalue weighted by Gasteiger charge is 2.47. The number of piperazine rings is 1. The molecule has 0 aromatic carbocycles. The highest BCUT2D eigenvalue weighted by atomic mass is 32.2. The summed E-state index contributed by atoms with van der Waals surface area (Å²) >= 11 is 1.79.